The average molecular weight is 160 g/mol. The fourth-order valence-corrected chi connectivity index (χ4v) is 1.70. The molecule has 0 aliphatic carbocycles. The number of hydrogen-bond acceptors (Lipinski definition) is 3. The minimum Gasteiger partial charge on any atom is -0.285 e. The zero-order valence-electron chi connectivity index (χ0n) is 6.26. The molecule has 1 aliphatic rings. The van der Waals surface area contributed by atoms with Gasteiger partial charge in [0.05, 0.1) is 0 Å². The second-order valence-electron chi connectivity index (χ2n) is 2.41. The molecule has 1 heterocycles. The largest absolute Gasteiger partial charge is 0.285 e. The molecule has 0 aromatic rings. The van der Waals surface area contributed by atoms with Crippen LogP contribution in [-0.2, 0) is 4.79 Å². The van der Waals surface area contributed by atoms with Gasteiger partial charge in [-0.25, -0.2) is 4.31 Å². The van der Waals surface area contributed by atoms with Crippen molar-refractivity contribution in [2.75, 3.05) is 7.05 Å². The van der Waals surface area contributed by atoms with Crippen LogP contribution in [0.3, 0.4) is 0 Å². The quantitative estimate of drug-likeness (QED) is 0.606. The molecule has 0 spiro atoms. The van der Waals surface area contributed by atoms with E-state index < -0.39 is 0 Å². The maximum absolute atomic E-state index is 11.0. The summed E-state index contributed by atoms with van der Waals surface area (Å²) in [6, 6.07) is 0.0926. The van der Waals surface area contributed by atoms with Crippen molar-refractivity contribution < 1.29 is 4.79 Å². The van der Waals surface area contributed by atoms with E-state index >= 15 is 0 Å². The second kappa shape index (κ2) is 3.25. The van der Waals surface area contributed by atoms with Gasteiger partial charge in [0, 0.05) is 19.2 Å². The van der Waals surface area contributed by atoms with Gasteiger partial charge in [0.25, 0.3) is 0 Å². The van der Waals surface area contributed by atoms with Gasteiger partial charge in [-0.05, 0) is 6.42 Å². The first kappa shape index (κ1) is 7.88. The zero-order valence-corrected chi connectivity index (χ0v) is 7.07. The fraction of sp³-hybridized carbons (Fsp3) is 0.833. The number of nitrogens with zero attached hydrogens (tertiary/aromatic N) is 1. The van der Waals surface area contributed by atoms with Crippen LogP contribution in [0, 0.1) is 0 Å². The van der Waals surface area contributed by atoms with Crippen molar-refractivity contribution in [3.8, 4) is 0 Å². The van der Waals surface area contributed by atoms with E-state index in [9.17, 15) is 4.79 Å². The van der Waals surface area contributed by atoms with E-state index in [1.165, 1.54) is 12.1 Å². The first-order valence-electron chi connectivity index (χ1n) is 3.45. The van der Waals surface area contributed by atoms with Crippen molar-refractivity contribution in [1.82, 2.24) is 9.03 Å². The van der Waals surface area contributed by atoms with Crippen LogP contribution in [0.15, 0.2) is 0 Å². The highest BCUT2D eigenvalue weighted by Gasteiger charge is 2.29. The molecule has 4 heteroatoms. The summed E-state index contributed by atoms with van der Waals surface area (Å²) in [5, 5.41) is 0. The van der Waals surface area contributed by atoms with E-state index in [0.717, 1.165) is 12.8 Å². The second-order valence-corrected chi connectivity index (χ2v) is 3.37. The highest BCUT2D eigenvalue weighted by atomic mass is 32.2. The summed E-state index contributed by atoms with van der Waals surface area (Å²) < 4.78 is 4.67. The van der Waals surface area contributed by atoms with Crippen LogP contribution < -0.4 is 4.72 Å². The van der Waals surface area contributed by atoms with Crippen molar-refractivity contribution >= 4 is 18.0 Å². The van der Waals surface area contributed by atoms with Crippen molar-refractivity contribution in [2.45, 2.75) is 25.8 Å². The van der Waals surface area contributed by atoms with Gasteiger partial charge >= 0.3 is 0 Å². The van der Waals surface area contributed by atoms with Crippen LogP contribution in [0.25, 0.3) is 0 Å². The molecule has 1 amide bonds. The zero-order chi connectivity index (χ0) is 7.56. The first-order valence-corrected chi connectivity index (χ1v) is 4.22. The van der Waals surface area contributed by atoms with E-state index in [-0.39, 0.29) is 11.9 Å². The minimum atomic E-state index is 0.0926. The Morgan fingerprint density at radius 3 is 2.90 bits per heavy atom. The predicted molar refractivity (Wildman–Crippen MR) is 42.2 cm³/mol. The molecule has 0 aromatic heterocycles. The highest BCUT2D eigenvalue weighted by Crippen LogP contribution is 2.19. The molecule has 3 nitrogen and oxygen atoms in total. The van der Waals surface area contributed by atoms with Crippen LogP contribution in [0.4, 0.5) is 0 Å². The fourth-order valence-electron chi connectivity index (χ4n) is 1.00. The van der Waals surface area contributed by atoms with E-state index in [0.29, 0.717) is 0 Å². The summed E-state index contributed by atoms with van der Waals surface area (Å²) in [4.78, 5) is 11.0. The van der Waals surface area contributed by atoms with Gasteiger partial charge in [0.15, 0.2) is 0 Å². The molecule has 58 valence electrons. The predicted octanol–water partition coefficient (Wildman–Crippen LogP) is 0.780. The molecular formula is C6H12N2OS. The molecule has 0 saturated carbocycles. The number of nitrogens with one attached hydrogen (secondary N) is 1. The highest BCUT2D eigenvalue weighted by molar-refractivity contribution is 7.96. The topological polar surface area (TPSA) is 32.3 Å². The van der Waals surface area contributed by atoms with Gasteiger partial charge in [0.1, 0.15) is 6.04 Å². The van der Waals surface area contributed by atoms with Crippen LogP contribution in [-0.4, -0.2) is 23.3 Å². The van der Waals surface area contributed by atoms with Crippen molar-refractivity contribution in [3.63, 3.8) is 0 Å². The first-order chi connectivity index (χ1) is 4.75. The van der Waals surface area contributed by atoms with E-state index in [1.54, 1.807) is 0 Å². The molecule has 1 atom stereocenters. The third kappa shape index (κ3) is 1.44. The van der Waals surface area contributed by atoms with Crippen LogP contribution in [0.2, 0.25) is 0 Å². The van der Waals surface area contributed by atoms with Crippen molar-refractivity contribution in [3.05, 3.63) is 0 Å². The lowest BCUT2D eigenvalue weighted by molar-refractivity contribution is -0.121. The smallest absolute Gasteiger partial charge is 0.249 e. The summed E-state index contributed by atoms with van der Waals surface area (Å²) in [6.45, 7) is 2.09. The van der Waals surface area contributed by atoms with Gasteiger partial charge in [-0.15, -0.1) is 0 Å². The van der Waals surface area contributed by atoms with E-state index in [2.05, 4.69) is 11.6 Å². The van der Waals surface area contributed by atoms with E-state index in [4.69, 9.17) is 0 Å². The standard InChI is InChI=1S/C6H12N2OS/c1-3-4-5-6(9)7-10-8(5)2/h5H,3-4H2,1-2H3,(H,7,9). The molecule has 1 N–H and O–H groups in total. The summed E-state index contributed by atoms with van der Waals surface area (Å²) in [7, 11) is 1.93. The number of rotatable bonds is 2. The number of amides is 1. The Labute approximate surface area is 65.4 Å². The van der Waals surface area contributed by atoms with Gasteiger partial charge in [-0.1, -0.05) is 13.3 Å². The molecule has 0 radical (unpaired) electrons. The third-order valence-electron chi connectivity index (χ3n) is 1.59. The Kier molecular flexibility index (Phi) is 2.56. The molecule has 0 aromatic carbocycles. The Morgan fingerprint density at radius 2 is 2.50 bits per heavy atom. The van der Waals surface area contributed by atoms with Gasteiger partial charge in [-0.3, -0.25) is 9.52 Å². The average Bonchev–Trinajstić information content (AvgIpc) is 2.20. The number of hydrogen-bond donors (Lipinski definition) is 1. The summed E-state index contributed by atoms with van der Waals surface area (Å²) >= 11 is 1.39. The van der Waals surface area contributed by atoms with Gasteiger partial charge in [0.2, 0.25) is 5.91 Å². The molecular weight excluding hydrogens is 148 g/mol. The van der Waals surface area contributed by atoms with Crippen LogP contribution in [0.1, 0.15) is 19.8 Å². The molecule has 0 bridgehead atoms. The monoisotopic (exact) mass is 160 g/mol. The van der Waals surface area contributed by atoms with Crippen molar-refractivity contribution in [2.24, 2.45) is 0 Å². The normalized spacial score (nSPS) is 27.0. The summed E-state index contributed by atoms with van der Waals surface area (Å²) in [6.07, 6.45) is 2.01. The molecule has 1 saturated heterocycles. The number of carbonyl (C=O) groups is 1. The molecule has 10 heavy (non-hydrogen) atoms. The Hall–Kier alpha value is -0.220. The van der Waals surface area contributed by atoms with Crippen LogP contribution >= 0.6 is 12.1 Å². The minimum absolute atomic E-state index is 0.0926. The molecule has 1 unspecified atom stereocenters. The summed E-state index contributed by atoms with van der Waals surface area (Å²) in [5.74, 6) is 0.148. The lowest BCUT2D eigenvalue weighted by atomic mass is 10.1. The Morgan fingerprint density at radius 1 is 1.80 bits per heavy atom. The van der Waals surface area contributed by atoms with Crippen LogP contribution in [0.5, 0.6) is 0 Å². The van der Waals surface area contributed by atoms with Gasteiger partial charge in [-0.2, -0.15) is 0 Å². The van der Waals surface area contributed by atoms with Gasteiger partial charge < -0.3 is 0 Å². The number of carbonyl (C=O) groups excluding carboxylic acids is 1. The van der Waals surface area contributed by atoms with Crippen molar-refractivity contribution in [1.29, 1.82) is 0 Å². The SMILES string of the molecule is CCCC1C(=O)NSN1C. The molecule has 1 fully saturated rings. The maximum Gasteiger partial charge on any atom is 0.249 e. The maximum atomic E-state index is 11.0. The lowest BCUT2D eigenvalue weighted by Gasteiger charge is -2.11. The molecule has 1 aliphatic heterocycles. The summed E-state index contributed by atoms with van der Waals surface area (Å²) in [5.41, 5.74) is 0. The molecule has 1 rings (SSSR count). The Balaban J connectivity index is 2.46. The third-order valence-corrected chi connectivity index (χ3v) is 2.43. The Bertz CT molecular complexity index is 140. The number of likely N-dealkylation sites (N-methyl/N-ethyl adjacent to an activating group) is 1. The lowest BCUT2D eigenvalue weighted by Crippen LogP contribution is -2.28. The van der Waals surface area contributed by atoms with E-state index in [1.807, 2.05) is 11.4 Å².